The molecule has 0 atom stereocenters. The highest BCUT2D eigenvalue weighted by molar-refractivity contribution is 5.94. The minimum atomic E-state index is 0.00944. The van der Waals surface area contributed by atoms with Crippen molar-refractivity contribution in [1.29, 1.82) is 0 Å². The number of ether oxygens (including phenoxy) is 1. The number of hydrogen-bond donors (Lipinski definition) is 1. The van der Waals surface area contributed by atoms with Gasteiger partial charge in [-0.15, -0.1) is 0 Å². The molecule has 5 nitrogen and oxygen atoms in total. The summed E-state index contributed by atoms with van der Waals surface area (Å²) in [6.45, 7) is 6.20. The first-order valence-electron chi connectivity index (χ1n) is 9.93. The molecule has 1 fully saturated rings. The molecule has 1 saturated carbocycles. The van der Waals surface area contributed by atoms with Crippen molar-refractivity contribution in [2.75, 3.05) is 18.0 Å². The zero-order valence-electron chi connectivity index (χ0n) is 16.2. The first-order valence-corrected chi connectivity index (χ1v) is 9.93. The standard InChI is InChI=1S/C22H29N3O2/c1-3-25(4-2)19-12-8-17(9-13-19)22(26)24-18-10-14-20(15-11-18)27-21-7-5-6-16-23-21/h5-9,12-13,16,18,20H,3-4,10-11,14-15H2,1-2H3,(H,24,26). The normalized spacial score (nSPS) is 19.3. The number of carbonyl (C=O) groups is 1. The number of hydrogen-bond acceptors (Lipinski definition) is 4. The van der Waals surface area contributed by atoms with Crippen molar-refractivity contribution in [3.8, 4) is 5.88 Å². The Morgan fingerprint density at radius 2 is 1.78 bits per heavy atom. The monoisotopic (exact) mass is 367 g/mol. The summed E-state index contributed by atoms with van der Waals surface area (Å²) in [6, 6.07) is 13.8. The lowest BCUT2D eigenvalue weighted by molar-refractivity contribution is 0.0890. The Morgan fingerprint density at radius 1 is 1.07 bits per heavy atom. The highest BCUT2D eigenvalue weighted by atomic mass is 16.5. The van der Waals surface area contributed by atoms with Crippen LogP contribution in [0.5, 0.6) is 5.88 Å². The Bertz CT molecular complexity index is 706. The smallest absolute Gasteiger partial charge is 0.251 e. The number of pyridine rings is 1. The maximum absolute atomic E-state index is 12.5. The number of carbonyl (C=O) groups excluding carboxylic acids is 1. The largest absolute Gasteiger partial charge is 0.474 e. The van der Waals surface area contributed by atoms with Crippen molar-refractivity contribution < 1.29 is 9.53 Å². The summed E-state index contributed by atoms with van der Waals surface area (Å²) in [5, 5.41) is 3.17. The molecule has 0 unspecified atom stereocenters. The van der Waals surface area contributed by atoms with Gasteiger partial charge in [0.05, 0.1) is 0 Å². The number of nitrogens with one attached hydrogen (secondary N) is 1. The molecule has 0 aliphatic heterocycles. The van der Waals surface area contributed by atoms with Gasteiger partial charge in [-0.2, -0.15) is 0 Å². The van der Waals surface area contributed by atoms with E-state index in [2.05, 4.69) is 29.0 Å². The molecule has 27 heavy (non-hydrogen) atoms. The van der Waals surface area contributed by atoms with Crippen molar-refractivity contribution in [1.82, 2.24) is 10.3 Å². The molecule has 1 aromatic carbocycles. The van der Waals surface area contributed by atoms with E-state index in [9.17, 15) is 4.79 Å². The number of amides is 1. The van der Waals surface area contributed by atoms with Gasteiger partial charge in [0.15, 0.2) is 0 Å². The van der Waals surface area contributed by atoms with Gasteiger partial charge in [-0.3, -0.25) is 4.79 Å². The van der Waals surface area contributed by atoms with Gasteiger partial charge in [0.25, 0.3) is 5.91 Å². The van der Waals surface area contributed by atoms with Crippen molar-refractivity contribution in [2.24, 2.45) is 0 Å². The van der Waals surface area contributed by atoms with Gasteiger partial charge in [0.2, 0.25) is 5.88 Å². The van der Waals surface area contributed by atoms with E-state index in [0.717, 1.165) is 50.0 Å². The molecule has 1 aliphatic rings. The SMILES string of the molecule is CCN(CC)c1ccc(C(=O)NC2CCC(Oc3ccccn3)CC2)cc1. The van der Waals surface area contributed by atoms with Gasteiger partial charge >= 0.3 is 0 Å². The Balaban J connectivity index is 1.48. The van der Waals surface area contributed by atoms with Gasteiger partial charge < -0.3 is 15.0 Å². The Labute approximate surface area is 161 Å². The highest BCUT2D eigenvalue weighted by Gasteiger charge is 2.24. The number of rotatable bonds is 7. The highest BCUT2D eigenvalue weighted by Crippen LogP contribution is 2.23. The van der Waals surface area contributed by atoms with E-state index < -0.39 is 0 Å². The summed E-state index contributed by atoms with van der Waals surface area (Å²) < 4.78 is 5.92. The quantitative estimate of drug-likeness (QED) is 0.802. The maximum Gasteiger partial charge on any atom is 0.251 e. The zero-order chi connectivity index (χ0) is 19.1. The van der Waals surface area contributed by atoms with Crippen LogP contribution >= 0.6 is 0 Å². The minimum Gasteiger partial charge on any atom is -0.474 e. The van der Waals surface area contributed by atoms with Crippen LogP contribution in [0.2, 0.25) is 0 Å². The fourth-order valence-electron chi connectivity index (χ4n) is 3.59. The van der Waals surface area contributed by atoms with Gasteiger partial charge in [0, 0.05) is 42.6 Å². The Hall–Kier alpha value is -2.56. The van der Waals surface area contributed by atoms with Crippen molar-refractivity contribution in [3.05, 3.63) is 54.2 Å². The van der Waals surface area contributed by atoms with Gasteiger partial charge in [0.1, 0.15) is 6.10 Å². The third-order valence-electron chi connectivity index (χ3n) is 5.19. The van der Waals surface area contributed by atoms with E-state index >= 15 is 0 Å². The molecule has 3 rings (SSSR count). The third-order valence-corrected chi connectivity index (χ3v) is 5.19. The molecule has 0 spiro atoms. The lowest BCUT2D eigenvalue weighted by Crippen LogP contribution is -2.39. The lowest BCUT2D eigenvalue weighted by Gasteiger charge is -2.29. The van der Waals surface area contributed by atoms with Crippen LogP contribution in [0.25, 0.3) is 0 Å². The van der Waals surface area contributed by atoms with Crippen LogP contribution in [0.4, 0.5) is 5.69 Å². The number of nitrogens with zero attached hydrogens (tertiary/aromatic N) is 2. The first kappa shape index (κ1) is 19.2. The Kier molecular flexibility index (Phi) is 6.69. The van der Waals surface area contributed by atoms with Crippen LogP contribution in [0.3, 0.4) is 0 Å². The molecular formula is C22H29N3O2. The molecule has 0 saturated heterocycles. The van der Waals surface area contributed by atoms with Gasteiger partial charge in [-0.25, -0.2) is 4.98 Å². The van der Waals surface area contributed by atoms with Crippen LogP contribution in [-0.2, 0) is 0 Å². The van der Waals surface area contributed by atoms with E-state index in [1.807, 2.05) is 42.5 Å². The second kappa shape index (κ2) is 9.40. The average Bonchev–Trinajstić information content (AvgIpc) is 2.72. The van der Waals surface area contributed by atoms with Crippen LogP contribution in [0.15, 0.2) is 48.7 Å². The summed E-state index contributed by atoms with van der Waals surface area (Å²) in [4.78, 5) is 19.0. The van der Waals surface area contributed by atoms with E-state index in [1.165, 1.54) is 0 Å². The lowest BCUT2D eigenvalue weighted by atomic mass is 9.92. The number of aromatic nitrogens is 1. The van der Waals surface area contributed by atoms with E-state index in [1.54, 1.807) is 6.20 Å². The molecule has 1 N–H and O–H groups in total. The van der Waals surface area contributed by atoms with Gasteiger partial charge in [-0.05, 0) is 69.9 Å². The molecule has 0 bridgehead atoms. The topological polar surface area (TPSA) is 54.5 Å². The molecule has 0 radical (unpaired) electrons. The van der Waals surface area contributed by atoms with E-state index in [4.69, 9.17) is 4.74 Å². The van der Waals surface area contributed by atoms with Gasteiger partial charge in [-0.1, -0.05) is 6.07 Å². The molecule has 144 valence electrons. The number of benzene rings is 1. The molecule has 2 aromatic rings. The van der Waals surface area contributed by atoms with Crippen LogP contribution < -0.4 is 15.0 Å². The maximum atomic E-state index is 12.5. The third kappa shape index (κ3) is 5.22. The fourth-order valence-corrected chi connectivity index (χ4v) is 3.59. The van der Waals surface area contributed by atoms with Crippen LogP contribution in [-0.4, -0.2) is 36.1 Å². The molecule has 5 heteroatoms. The fraction of sp³-hybridized carbons (Fsp3) is 0.455. The van der Waals surface area contributed by atoms with Crippen molar-refractivity contribution in [2.45, 2.75) is 51.7 Å². The molecular weight excluding hydrogens is 338 g/mol. The number of anilines is 1. The van der Waals surface area contributed by atoms with E-state index in [-0.39, 0.29) is 18.1 Å². The summed E-state index contributed by atoms with van der Waals surface area (Å²) in [5.74, 6) is 0.688. The predicted octanol–water partition coefficient (Wildman–Crippen LogP) is 4.05. The Morgan fingerprint density at radius 3 is 2.37 bits per heavy atom. The van der Waals surface area contributed by atoms with Crippen molar-refractivity contribution in [3.63, 3.8) is 0 Å². The first-order chi connectivity index (χ1) is 13.2. The van der Waals surface area contributed by atoms with E-state index in [0.29, 0.717) is 5.88 Å². The molecule has 1 aliphatic carbocycles. The molecule has 1 heterocycles. The predicted molar refractivity (Wildman–Crippen MR) is 108 cm³/mol. The summed E-state index contributed by atoms with van der Waals surface area (Å²) in [7, 11) is 0. The summed E-state index contributed by atoms with van der Waals surface area (Å²) in [5.41, 5.74) is 1.88. The molecule has 1 aromatic heterocycles. The van der Waals surface area contributed by atoms with Crippen LogP contribution in [0, 0.1) is 0 Å². The van der Waals surface area contributed by atoms with Crippen molar-refractivity contribution >= 4 is 11.6 Å². The minimum absolute atomic E-state index is 0.00944. The average molecular weight is 367 g/mol. The zero-order valence-corrected chi connectivity index (χ0v) is 16.2. The van der Waals surface area contributed by atoms with Crippen LogP contribution in [0.1, 0.15) is 49.9 Å². The summed E-state index contributed by atoms with van der Waals surface area (Å²) in [6.07, 6.45) is 5.65. The second-order valence-electron chi connectivity index (χ2n) is 6.95. The molecule has 1 amide bonds. The summed E-state index contributed by atoms with van der Waals surface area (Å²) >= 11 is 0. The second-order valence-corrected chi connectivity index (χ2v) is 6.95.